The van der Waals surface area contributed by atoms with Gasteiger partial charge in [0.25, 0.3) is 0 Å². The van der Waals surface area contributed by atoms with Gasteiger partial charge in [0.05, 0.1) is 54.0 Å². The number of hydrogen-bond donors (Lipinski definition) is 2. The van der Waals surface area contributed by atoms with Crippen LogP contribution < -0.4 is 20.4 Å². The average molecular weight is 519 g/mol. The zero-order valence-electron chi connectivity index (χ0n) is 18.9. The highest BCUT2D eigenvalue weighted by atomic mass is 35.5. The molecule has 5 rings (SSSR count). The van der Waals surface area contributed by atoms with E-state index in [4.69, 9.17) is 32.7 Å². The Morgan fingerprint density at radius 1 is 0.771 bits per heavy atom. The molecule has 8 nitrogen and oxygen atoms in total. The zero-order valence-corrected chi connectivity index (χ0v) is 20.4. The van der Waals surface area contributed by atoms with Gasteiger partial charge in [0, 0.05) is 37.6 Å². The normalized spacial score (nSPS) is 16.3. The van der Waals surface area contributed by atoms with Gasteiger partial charge in [-0.15, -0.1) is 0 Å². The largest absolute Gasteiger partial charge is 0.378 e. The minimum absolute atomic E-state index is 0.0359. The smallest absolute Gasteiger partial charge is 0.229 e. The van der Waals surface area contributed by atoms with E-state index in [1.54, 1.807) is 12.1 Å². The van der Waals surface area contributed by atoms with Gasteiger partial charge in [0.15, 0.2) is 11.6 Å². The Hall–Kier alpha value is -2.85. The molecule has 2 aliphatic heterocycles. The van der Waals surface area contributed by atoms with Crippen LogP contribution in [0, 0.1) is 5.82 Å². The lowest BCUT2D eigenvalue weighted by molar-refractivity contribution is 0.122. The summed E-state index contributed by atoms with van der Waals surface area (Å²) in [6, 6.07) is 11.1. The summed E-state index contributed by atoms with van der Waals surface area (Å²) in [7, 11) is 0. The molecule has 2 aliphatic rings. The van der Waals surface area contributed by atoms with Crippen molar-refractivity contribution in [2.75, 3.05) is 73.0 Å². The maximum absolute atomic E-state index is 14.5. The molecular formula is C24H25Cl2FN6O2. The number of nitrogens with one attached hydrogen (secondary N) is 2. The van der Waals surface area contributed by atoms with Crippen LogP contribution in [0.3, 0.4) is 0 Å². The van der Waals surface area contributed by atoms with Gasteiger partial charge < -0.3 is 29.9 Å². The van der Waals surface area contributed by atoms with E-state index >= 15 is 0 Å². The highest BCUT2D eigenvalue weighted by Crippen LogP contribution is 2.32. The first kappa shape index (κ1) is 23.9. The maximum Gasteiger partial charge on any atom is 0.229 e. The monoisotopic (exact) mass is 518 g/mol. The molecule has 2 saturated heterocycles. The second-order valence-electron chi connectivity index (χ2n) is 8.17. The van der Waals surface area contributed by atoms with Crippen LogP contribution in [0.15, 0.2) is 42.6 Å². The number of aromatic nitrogens is 2. The van der Waals surface area contributed by atoms with Crippen LogP contribution in [0.1, 0.15) is 0 Å². The van der Waals surface area contributed by atoms with Crippen molar-refractivity contribution in [3.8, 4) is 0 Å². The summed E-state index contributed by atoms with van der Waals surface area (Å²) in [6.45, 7) is 5.82. The van der Waals surface area contributed by atoms with Gasteiger partial charge in [-0.05, 0) is 36.4 Å². The number of nitrogens with zero attached hydrogens (tertiary/aromatic N) is 4. The van der Waals surface area contributed by atoms with Crippen molar-refractivity contribution in [2.45, 2.75) is 0 Å². The molecule has 0 atom stereocenters. The van der Waals surface area contributed by atoms with Crippen molar-refractivity contribution in [1.82, 2.24) is 9.97 Å². The third-order valence-electron chi connectivity index (χ3n) is 5.86. The number of rotatable bonds is 6. The molecule has 11 heteroatoms. The molecule has 0 bridgehead atoms. The first-order chi connectivity index (χ1) is 17.1. The van der Waals surface area contributed by atoms with Crippen LogP contribution >= 0.6 is 23.2 Å². The topological polar surface area (TPSA) is 74.8 Å². The predicted molar refractivity (Wildman–Crippen MR) is 138 cm³/mol. The molecular weight excluding hydrogens is 494 g/mol. The second kappa shape index (κ2) is 10.8. The molecule has 35 heavy (non-hydrogen) atoms. The average Bonchev–Trinajstić information content (AvgIpc) is 2.87. The van der Waals surface area contributed by atoms with Crippen molar-refractivity contribution >= 4 is 57.7 Å². The molecule has 0 aliphatic carbocycles. The van der Waals surface area contributed by atoms with E-state index in [1.165, 1.54) is 0 Å². The Morgan fingerprint density at radius 3 is 1.80 bits per heavy atom. The first-order valence-corrected chi connectivity index (χ1v) is 12.1. The molecule has 2 fully saturated rings. The summed E-state index contributed by atoms with van der Waals surface area (Å²) < 4.78 is 25.3. The van der Waals surface area contributed by atoms with Gasteiger partial charge in [-0.2, -0.15) is 4.98 Å². The Bertz CT molecular complexity index is 1190. The lowest BCUT2D eigenvalue weighted by Crippen LogP contribution is -2.36. The Kier molecular flexibility index (Phi) is 7.38. The maximum atomic E-state index is 14.5. The summed E-state index contributed by atoms with van der Waals surface area (Å²) >= 11 is 13.0. The van der Waals surface area contributed by atoms with Gasteiger partial charge >= 0.3 is 0 Å². The summed E-state index contributed by atoms with van der Waals surface area (Å²) in [5.41, 5.74) is 3.18. The van der Waals surface area contributed by atoms with E-state index in [-0.39, 0.29) is 11.8 Å². The minimum atomic E-state index is -0.579. The molecule has 3 heterocycles. The zero-order chi connectivity index (χ0) is 24.2. The molecule has 184 valence electrons. The Morgan fingerprint density at radius 2 is 1.29 bits per heavy atom. The fraction of sp³-hybridized carbons (Fsp3) is 0.333. The highest BCUT2D eigenvalue weighted by molar-refractivity contribution is 6.34. The summed E-state index contributed by atoms with van der Waals surface area (Å²) in [4.78, 5) is 12.7. The van der Waals surface area contributed by atoms with Crippen molar-refractivity contribution < 1.29 is 13.9 Å². The number of anilines is 6. The predicted octanol–water partition coefficient (Wildman–Crippen LogP) is 5.08. The fourth-order valence-electron chi connectivity index (χ4n) is 4.07. The molecule has 0 unspecified atom stereocenters. The van der Waals surface area contributed by atoms with Crippen LogP contribution in [-0.2, 0) is 9.47 Å². The van der Waals surface area contributed by atoms with Crippen LogP contribution in [-0.4, -0.2) is 62.6 Å². The van der Waals surface area contributed by atoms with Crippen molar-refractivity contribution in [1.29, 1.82) is 0 Å². The number of hydrogen-bond acceptors (Lipinski definition) is 8. The number of morpholine rings is 2. The first-order valence-electron chi connectivity index (χ1n) is 11.4. The van der Waals surface area contributed by atoms with E-state index in [0.29, 0.717) is 47.8 Å². The van der Waals surface area contributed by atoms with Gasteiger partial charge in [-0.25, -0.2) is 9.37 Å². The standard InChI is InChI=1S/C24H25Cl2FN6O2/c25-18-13-16(1-3-21(18)32-5-9-34-10-6-32)29-23-20(27)15-28-24(31-23)30-17-2-4-22(19(26)14-17)33-7-11-35-12-8-33/h1-4,13-15H,5-12H2,(H2,28,29,30,31). The van der Waals surface area contributed by atoms with E-state index < -0.39 is 5.82 Å². The van der Waals surface area contributed by atoms with E-state index in [9.17, 15) is 4.39 Å². The van der Waals surface area contributed by atoms with E-state index in [1.807, 2.05) is 24.3 Å². The van der Waals surface area contributed by atoms with Crippen molar-refractivity contribution in [3.63, 3.8) is 0 Å². The number of benzene rings is 2. The molecule has 0 spiro atoms. The lowest BCUT2D eigenvalue weighted by Gasteiger charge is -2.29. The van der Waals surface area contributed by atoms with Gasteiger partial charge in [-0.1, -0.05) is 23.2 Å². The Labute approximate surface area is 213 Å². The van der Waals surface area contributed by atoms with Crippen LogP contribution in [0.25, 0.3) is 0 Å². The Balaban J connectivity index is 1.29. The molecule has 3 aromatic rings. The minimum Gasteiger partial charge on any atom is -0.378 e. The van der Waals surface area contributed by atoms with Gasteiger partial charge in [0.2, 0.25) is 5.95 Å². The number of halogens is 3. The summed E-state index contributed by atoms with van der Waals surface area (Å²) in [6.07, 6.45) is 1.12. The van der Waals surface area contributed by atoms with E-state index in [0.717, 1.165) is 43.8 Å². The SMILES string of the molecule is Fc1cnc(Nc2ccc(N3CCOCC3)c(Cl)c2)nc1Nc1ccc(N2CCOCC2)c(Cl)c1. The van der Waals surface area contributed by atoms with Crippen LogP contribution in [0.5, 0.6) is 0 Å². The molecule has 1 aromatic heterocycles. The van der Waals surface area contributed by atoms with Crippen LogP contribution in [0.4, 0.5) is 38.9 Å². The fourth-order valence-corrected chi connectivity index (χ4v) is 4.67. The third kappa shape index (κ3) is 5.70. The molecule has 0 radical (unpaired) electrons. The third-order valence-corrected chi connectivity index (χ3v) is 6.47. The highest BCUT2D eigenvalue weighted by Gasteiger charge is 2.17. The molecule has 2 N–H and O–H groups in total. The summed E-state index contributed by atoms with van der Waals surface area (Å²) in [5, 5.41) is 7.26. The van der Waals surface area contributed by atoms with Crippen molar-refractivity contribution in [2.24, 2.45) is 0 Å². The lowest BCUT2D eigenvalue weighted by atomic mass is 10.2. The van der Waals surface area contributed by atoms with Crippen molar-refractivity contribution in [3.05, 3.63) is 58.5 Å². The quantitative estimate of drug-likeness (QED) is 0.467. The van der Waals surface area contributed by atoms with Gasteiger partial charge in [-0.3, -0.25) is 0 Å². The second-order valence-corrected chi connectivity index (χ2v) is 8.99. The van der Waals surface area contributed by atoms with E-state index in [2.05, 4.69) is 30.4 Å². The molecule has 0 amide bonds. The summed E-state index contributed by atoms with van der Waals surface area (Å²) in [5.74, 6) is -0.307. The molecule has 2 aromatic carbocycles. The van der Waals surface area contributed by atoms with Gasteiger partial charge in [0.1, 0.15) is 0 Å². The molecule has 0 saturated carbocycles. The number of ether oxygens (including phenoxy) is 2. The van der Waals surface area contributed by atoms with Crippen LogP contribution in [0.2, 0.25) is 10.0 Å².